The first-order valence-corrected chi connectivity index (χ1v) is 8.38. The van der Waals surface area contributed by atoms with Crippen LogP contribution in [-0.2, 0) is 0 Å². The van der Waals surface area contributed by atoms with E-state index in [1.54, 1.807) is 17.5 Å². The van der Waals surface area contributed by atoms with Gasteiger partial charge in [-0.25, -0.2) is 4.98 Å². The number of hydrogen-bond acceptors (Lipinski definition) is 3. The van der Waals surface area contributed by atoms with Gasteiger partial charge >= 0.3 is 0 Å². The van der Waals surface area contributed by atoms with E-state index >= 15 is 0 Å². The average molecular weight is 278 g/mol. The Labute approximate surface area is 118 Å². The second-order valence-electron chi connectivity index (χ2n) is 5.89. The zero-order valence-electron chi connectivity index (χ0n) is 11.4. The molecule has 1 amide bonds. The molecule has 0 saturated heterocycles. The van der Waals surface area contributed by atoms with Crippen molar-refractivity contribution in [3.05, 3.63) is 16.1 Å². The van der Waals surface area contributed by atoms with E-state index in [-0.39, 0.29) is 5.91 Å². The molecule has 2 aliphatic carbocycles. The van der Waals surface area contributed by atoms with Crippen molar-refractivity contribution in [2.45, 2.75) is 57.3 Å². The summed E-state index contributed by atoms with van der Waals surface area (Å²) in [4.78, 5) is 17.1. The van der Waals surface area contributed by atoms with E-state index in [1.807, 2.05) is 0 Å². The van der Waals surface area contributed by atoms with E-state index < -0.39 is 0 Å². The predicted molar refractivity (Wildman–Crippen MR) is 77.6 cm³/mol. The Hall–Kier alpha value is -0.900. The van der Waals surface area contributed by atoms with Gasteiger partial charge in [0.05, 0.1) is 11.2 Å². The molecule has 4 heteroatoms. The minimum absolute atomic E-state index is 0.0696. The quantitative estimate of drug-likeness (QED) is 0.892. The fourth-order valence-corrected chi connectivity index (χ4v) is 3.87. The number of rotatable bonds is 5. The molecule has 3 nitrogen and oxygen atoms in total. The summed E-state index contributed by atoms with van der Waals surface area (Å²) in [6, 6.07) is 0. The van der Waals surface area contributed by atoms with Gasteiger partial charge in [-0.05, 0) is 25.2 Å². The molecule has 0 aliphatic heterocycles. The van der Waals surface area contributed by atoms with Crippen molar-refractivity contribution in [2.24, 2.45) is 5.92 Å². The lowest BCUT2D eigenvalue weighted by Gasteiger charge is -2.21. The lowest BCUT2D eigenvalue weighted by Crippen LogP contribution is -2.25. The summed E-state index contributed by atoms with van der Waals surface area (Å²) in [6.07, 6.45) is 12.2. The van der Waals surface area contributed by atoms with Gasteiger partial charge in [-0.15, -0.1) is 11.3 Å². The molecule has 2 aliphatic rings. The van der Waals surface area contributed by atoms with Gasteiger partial charge in [-0.2, -0.15) is 0 Å². The number of aromatic nitrogens is 1. The highest BCUT2D eigenvalue weighted by molar-refractivity contribution is 7.13. The molecule has 1 aromatic rings. The van der Waals surface area contributed by atoms with E-state index in [0.29, 0.717) is 5.92 Å². The summed E-state index contributed by atoms with van der Waals surface area (Å²) in [6.45, 7) is 0.820. The van der Waals surface area contributed by atoms with Crippen molar-refractivity contribution in [1.29, 1.82) is 0 Å². The Morgan fingerprint density at radius 3 is 2.79 bits per heavy atom. The Kier molecular flexibility index (Phi) is 4.16. The van der Waals surface area contributed by atoms with Crippen LogP contribution in [0.15, 0.2) is 6.20 Å². The third-order valence-electron chi connectivity index (χ3n) is 4.24. The SMILES string of the molecule is O=C(NCCC1CCCCC1)c1cnc(C2CC2)s1. The molecule has 0 unspecified atom stereocenters. The molecule has 0 spiro atoms. The number of thiazole rings is 1. The number of carbonyl (C=O) groups excluding carboxylic acids is 1. The first-order chi connectivity index (χ1) is 9.33. The number of amides is 1. The molecule has 1 N–H and O–H groups in total. The number of nitrogens with one attached hydrogen (secondary N) is 1. The van der Waals surface area contributed by atoms with Crippen molar-refractivity contribution >= 4 is 17.2 Å². The van der Waals surface area contributed by atoms with Gasteiger partial charge in [0, 0.05) is 12.5 Å². The summed E-state index contributed by atoms with van der Waals surface area (Å²) in [7, 11) is 0. The fourth-order valence-electron chi connectivity index (χ4n) is 2.86. The molecule has 1 heterocycles. The Bertz CT molecular complexity index is 433. The van der Waals surface area contributed by atoms with Crippen LogP contribution in [-0.4, -0.2) is 17.4 Å². The van der Waals surface area contributed by atoms with Crippen LogP contribution in [0.25, 0.3) is 0 Å². The summed E-state index contributed by atoms with van der Waals surface area (Å²) >= 11 is 1.57. The molecular weight excluding hydrogens is 256 g/mol. The normalized spacial score (nSPS) is 20.4. The van der Waals surface area contributed by atoms with Crippen molar-refractivity contribution in [3.63, 3.8) is 0 Å². The summed E-state index contributed by atoms with van der Waals surface area (Å²) in [5.41, 5.74) is 0. The van der Waals surface area contributed by atoms with Crippen molar-refractivity contribution < 1.29 is 4.79 Å². The standard InChI is InChI=1S/C15H22N2OS/c18-14(13-10-17-15(19-13)12-6-7-12)16-9-8-11-4-2-1-3-5-11/h10-12H,1-9H2,(H,16,18). The number of hydrogen-bond donors (Lipinski definition) is 1. The van der Waals surface area contributed by atoms with Crippen molar-refractivity contribution in [2.75, 3.05) is 6.54 Å². The largest absolute Gasteiger partial charge is 0.351 e. The average Bonchev–Trinajstić information content (AvgIpc) is 3.17. The van der Waals surface area contributed by atoms with Crippen LogP contribution in [0.5, 0.6) is 0 Å². The molecule has 0 radical (unpaired) electrons. The van der Waals surface area contributed by atoms with Gasteiger partial charge < -0.3 is 5.32 Å². The van der Waals surface area contributed by atoms with E-state index in [4.69, 9.17) is 0 Å². The Morgan fingerprint density at radius 2 is 2.05 bits per heavy atom. The lowest BCUT2D eigenvalue weighted by atomic mass is 9.87. The van der Waals surface area contributed by atoms with E-state index in [1.165, 1.54) is 44.9 Å². The molecule has 19 heavy (non-hydrogen) atoms. The molecule has 2 saturated carbocycles. The second-order valence-corrected chi connectivity index (χ2v) is 6.95. The van der Waals surface area contributed by atoms with Crippen LogP contribution in [0.2, 0.25) is 0 Å². The van der Waals surface area contributed by atoms with Gasteiger partial charge in [0.2, 0.25) is 0 Å². The smallest absolute Gasteiger partial charge is 0.263 e. The van der Waals surface area contributed by atoms with Crippen LogP contribution in [0.4, 0.5) is 0 Å². The highest BCUT2D eigenvalue weighted by Crippen LogP contribution is 2.41. The van der Waals surface area contributed by atoms with Gasteiger partial charge in [0.25, 0.3) is 5.91 Å². The molecule has 0 atom stereocenters. The van der Waals surface area contributed by atoms with Crippen molar-refractivity contribution in [3.8, 4) is 0 Å². The number of nitrogens with zero attached hydrogens (tertiary/aromatic N) is 1. The zero-order valence-corrected chi connectivity index (χ0v) is 12.2. The van der Waals surface area contributed by atoms with Crippen LogP contribution in [0, 0.1) is 5.92 Å². The third kappa shape index (κ3) is 3.56. The molecule has 0 aromatic carbocycles. The molecule has 3 rings (SSSR count). The Balaban J connectivity index is 1.42. The van der Waals surface area contributed by atoms with E-state index in [2.05, 4.69) is 10.3 Å². The van der Waals surface area contributed by atoms with Gasteiger partial charge in [0.1, 0.15) is 4.88 Å². The van der Waals surface area contributed by atoms with Crippen LogP contribution in [0.3, 0.4) is 0 Å². The minimum atomic E-state index is 0.0696. The molecule has 104 valence electrons. The summed E-state index contributed by atoms with van der Waals surface area (Å²) < 4.78 is 0. The van der Waals surface area contributed by atoms with E-state index in [0.717, 1.165) is 28.8 Å². The van der Waals surface area contributed by atoms with Crippen molar-refractivity contribution in [1.82, 2.24) is 10.3 Å². The van der Waals surface area contributed by atoms with Gasteiger partial charge in [-0.3, -0.25) is 4.79 Å². The Morgan fingerprint density at radius 1 is 1.26 bits per heavy atom. The summed E-state index contributed by atoms with van der Waals surface area (Å²) in [5.74, 6) is 1.55. The fraction of sp³-hybridized carbons (Fsp3) is 0.733. The van der Waals surface area contributed by atoms with Gasteiger partial charge in [-0.1, -0.05) is 32.1 Å². The highest BCUT2D eigenvalue weighted by atomic mass is 32.1. The lowest BCUT2D eigenvalue weighted by molar-refractivity contribution is 0.0954. The van der Waals surface area contributed by atoms with Crippen LogP contribution < -0.4 is 5.32 Å². The van der Waals surface area contributed by atoms with Crippen LogP contribution >= 0.6 is 11.3 Å². The number of carbonyl (C=O) groups is 1. The monoisotopic (exact) mass is 278 g/mol. The topological polar surface area (TPSA) is 42.0 Å². The maximum absolute atomic E-state index is 12.0. The van der Waals surface area contributed by atoms with Gasteiger partial charge in [0.15, 0.2) is 0 Å². The first-order valence-electron chi connectivity index (χ1n) is 7.57. The maximum Gasteiger partial charge on any atom is 0.263 e. The summed E-state index contributed by atoms with van der Waals surface area (Å²) in [5, 5.41) is 4.20. The molecule has 1 aromatic heterocycles. The maximum atomic E-state index is 12.0. The third-order valence-corrected chi connectivity index (χ3v) is 5.40. The first kappa shape index (κ1) is 13.1. The zero-order chi connectivity index (χ0) is 13.1. The molecular formula is C15H22N2OS. The van der Waals surface area contributed by atoms with Crippen LogP contribution in [0.1, 0.15) is 72.0 Å². The predicted octanol–water partition coefficient (Wildman–Crippen LogP) is 3.72. The molecule has 0 bridgehead atoms. The second kappa shape index (κ2) is 6.04. The highest BCUT2D eigenvalue weighted by Gasteiger charge is 2.27. The molecule has 2 fully saturated rings. The van der Waals surface area contributed by atoms with E-state index in [9.17, 15) is 4.79 Å². The minimum Gasteiger partial charge on any atom is -0.351 e.